The Bertz CT molecular complexity index is 1640. The van der Waals surface area contributed by atoms with Crippen molar-refractivity contribution >= 4 is 28.3 Å². The van der Waals surface area contributed by atoms with E-state index in [9.17, 15) is 18.0 Å². The number of carboxylic acid groups (broad SMARTS) is 1. The van der Waals surface area contributed by atoms with E-state index in [1.165, 1.54) is 0 Å². The summed E-state index contributed by atoms with van der Waals surface area (Å²) in [5.74, 6) is -2.22. The van der Waals surface area contributed by atoms with Crippen LogP contribution in [0.15, 0.2) is 91.3 Å². The predicted molar refractivity (Wildman–Crippen MR) is 129 cm³/mol. The van der Waals surface area contributed by atoms with Gasteiger partial charge in [0.25, 0.3) is 11.7 Å². The van der Waals surface area contributed by atoms with Crippen LogP contribution in [0.2, 0.25) is 0 Å². The molecule has 1 amide bonds. The Labute approximate surface area is 214 Å². The molecule has 3 N–H and O–H groups in total. The number of aliphatic carboxylic acids is 1. The first kappa shape index (κ1) is 24.9. The van der Waals surface area contributed by atoms with Gasteiger partial charge in [-0.05, 0) is 48.7 Å². The van der Waals surface area contributed by atoms with Crippen molar-refractivity contribution in [2.75, 3.05) is 0 Å². The summed E-state index contributed by atoms with van der Waals surface area (Å²) >= 11 is 0. The van der Waals surface area contributed by atoms with Crippen LogP contribution in [0.25, 0.3) is 27.8 Å². The number of benzene rings is 2. The molecule has 0 unspecified atom stereocenters. The molecule has 0 spiro atoms. The number of fused-ring (bicyclic) bond motifs is 2. The number of aromatic amines is 2. The quantitative estimate of drug-likeness (QED) is 0.357. The highest BCUT2D eigenvalue weighted by atomic mass is 19.4. The van der Waals surface area contributed by atoms with Gasteiger partial charge in [-0.25, -0.2) is 9.97 Å². The van der Waals surface area contributed by atoms with E-state index >= 15 is 0 Å². The molecule has 1 fully saturated rings. The summed E-state index contributed by atoms with van der Waals surface area (Å²) < 4.78 is 33.6. The van der Waals surface area contributed by atoms with Crippen LogP contribution in [0, 0.1) is 0 Å². The molecule has 0 bridgehead atoms. The molecular formula is C28H22F3N4O3+. The average Bonchev–Trinajstić information content (AvgIpc) is 3.60. The molecular weight excluding hydrogens is 497 g/mol. The van der Waals surface area contributed by atoms with E-state index in [1.54, 1.807) is 0 Å². The van der Waals surface area contributed by atoms with Crippen molar-refractivity contribution in [1.82, 2.24) is 10.3 Å². The summed E-state index contributed by atoms with van der Waals surface area (Å²) in [6.45, 7) is 0. The number of carboxylic acids is 1. The van der Waals surface area contributed by atoms with Crippen LogP contribution >= 0.6 is 0 Å². The van der Waals surface area contributed by atoms with Crippen LogP contribution in [0.1, 0.15) is 28.9 Å². The number of carbonyl (C=O) groups excluding carboxylic acids is 2. The Morgan fingerprint density at radius 1 is 0.947 bits per heavy atom. The third kappa shape index (κ3) is 4.80. The maximum absolute atomic E-state index is 13.4. The molecule has 2 aromatic carbocycles. The van der Waals surface area contributed by atoms with E-state index in [1.807, 2.05) is 65.3 Å². The van der Waals surface area contributed by atoms with E-state index in [0.717, 1.165) is 46.2 Å². The maximum atomic E-state index is 13.4. The summed E-state index contributed by atoms with van der Waals surface area (Å²) in [7, 11) is 0. The molecule has 0 saturated heterocycles. The molecule has 192 valence electrons. The number of nitrogens with zero attached hydrogens (tertiary/aromatic N) is 1. The van der Waals surface area contributed by atoms with Crippen LogP contribution in [0.4, 0.5) is 13.2 Å². The number of carbonyl (C=O) groups is 2. The van der Waals surface area contributed by atoms with Crippen LogP contribution in [0.3, 0.4) is 0 Å². The van der Waals surface area contributed by atoms with Gasteiger partial charge in [-0.1, -0.05) is 42.5 Å². The molecule has 0 radical (unpaired) electrons. The maximum Gasteiger partial charge on any atom is 0.430 e. The summed E-state index contributed by atoms with van der Waals surface area (Å²) in [6, 6.07) is 26.4. The fourth-order valence-electron chi connectivity index (χ4n) is 4.45. The van der Waals surface area contributed by atoms with Crippen molar-refractivity contribution in [2.45, 2.75) is 24.6 Å². The van der Waals surface area contributed by atoms with Gasteiger partial charge in [0, 0.05) is 11.5 Å². The molecule has 1 aliphatic rings. The summed E-state index contributed by atoms with van der Waals surface area (Å²) in [5.41, 5.74) is 4.37. The lowest BCUT2D eigenvalue weighted by atomic mass is 10.0. The SMILES string of the molecule is O=C(NC1(c2ccccc2)CC1)c1[nH]c(-c2cccc3ccc[nH+]c23)[n+]2ccccc12.O=C([O-])C(F)(F)F. The number of imidazole rings is 1. The van der Waals surface area contributed by atoms with Crippen LogP contribution in [-0.2, 0) is 10.3 Å². The first-order valence-electron chi connectivity index (χ1n) is 11.8. The van der Waals surface area contributed by atoms with Crippen molar-refractivity contribution in [3.05, 3.63) is 103 Å². The largest absolute Gasteiger partial charge is 0.542 e. The van der Waals surface area contributed by atoms with Gasteiger partial charge in [-0.15, -0.1) is 0 Å². The number of aromatic nitrogens is 3. The highest BCUT2D eigenvalue weighted by Crippen LogP contribution is 2.45. The third-order valence-corrected chi connectivity index (χ3v) is 6.44. The number of nitrogens with one attached hydrogen (secondary N) is 3. The van der Waals surface area contributed by atoms with Crippen LogP contribution < -0.4 is 19.8 Å². The molecule has 5 aromatic rings. The smallest absolute Gasteiger partial charge is 0.430 e. The molecule has 7 nitrogen and oxygen atoms in total. The number of alkyl halides is 3. The zero-order chi connectivity index (χ0) is 26.9. The zero-order valence-corrected chi connectivity index (χ0v) is 19.9. The van der Waals surface area contributed by atoms with E-state index in [4.69, 9.17) is 9.90 Å². The predicted octanol–water partition coefficient (Wildman–Crippen LogP) is 3.11. The van der Waals surface area contributed by atoms with E-state index in [-0.39, 0.29) is 11.4 Å². The molecule has 38 heavy (non-hydrogen) atoms. The first-order chi connectivity index (χ1) is 18.2. The van der Waals surface area contributed by atoms with Crippen LogP contribution in [-0.4, -0.2) is 23.0 Å². The van der Waals surface area contributed by atoms with Gasteiger partial charge >= 0.3 is 6.18 Å². The third-order valence-electron chi connectivity index (χ3n) is 6.44. The molecule has 0 aliphatic heterocycles. The molecule has 10 heteroatoms. The lowest BCUT2D eigenvalue weighted by molar-refractivity contribution is -0.498. The Balaban J connectivity index is 0.000000374. The van der Waals surface area contributed by atoms with E-state index < -0.39 is 12.1 Å². The summed E-state index contributed by atoms with van der Waals surface area (Å²) in [5, 5.41) is 13.2. The number of hydrogen-bond donors (Lipinski definition) is 2. The fraction of sp³-hybridized carbons (Fsp3) is 0.143. The van der Waals surface area contributed by atoms with E-state index in [2.05, 4.69) is 45.6 Å². The number of pyridine rings is 2. The molecule has 3 heterocycles. The molecule has 6 rings (SSSR count). The van der Waals surface area contributed by atoms with Gasteiger partial charge in [0.15, 0.2) is 11.7 Å². The Morgan fingerprint density at radius 2 is 1.63 bits per heavy atom. The molecule has 1 aliphatic carbocycles. The zero-order valence-electron chi connectivity index (χ0n) is 19.9. The second-order valence-corrected chi connectivity index (χ2v) is 8.93. The number of H-pyrrole nitrogens is 2. The first-order valence-corrected chi connectivity index (χ1v) is 11.8. The lowest BCUT2D eigenvalue weighted by Crippen LogP contribution is -2.37. The topological polar surface area (TPSA) is 103 Å². The highest BCUT2D eigenvalue weighted by molar-refractivity contribution is 6.00. The minimum atomic E-state index is -5.19. The molecule has 0 atom stereocenters. The standard InChI is InChI=1S/C26H20N4O.C2HF3O2/c31-25(29-26(14-15-26)19-10-2-1-3-11-19)23-21-13-4-5-17-30(21)24(28-23)20-12-6-8-18-9-7-16-27-22(18)20;3-2(4,5)1(6)7/h1-13,16-17H,14-15H2,(H,29,31);(H,6,7)/p+1. The molecule has 1 saturated carbocycles. The summed E-state index contributed by atoms with van der Waals surface area (Å²) in [4.78, 5) is 29.0. The van der Waals surface area contributed by atoms with Crippen molar-refractivity contribution in [1.29, 1.82) is 0 Å². The Morgan fingerprint density at radius 3 is 2.32 bits per heavy atom. The Hall–Kier alpha value is -4.73. The van der Waals surface area contributed by atoms with Crippen molar-refractivity contribution in [2.24, 2.45) is 0 Å². The highest BCUT2D eigenvalue weighted by Gasteiger charge is 2.46. The number of halogens is 3. The average molecular weight is 520 g/mol. The number of rotatable bonds is 4. The van der Waals surface area contributed by atoms with Gasteiger partial charge in [0.05, 0.1) is 11.7 Å². The summed E-state index contributed by atoms with van der Waals surface area (Å²) in [6.07, 6.45) is 0.634. The van der Waals surface area contributed by atoms with Crippen molar-refractivity contribution < 1.29 is 37.3 Å². The Kier molecular flexibility index (Phi) is 6.31. The van der Waals surface area contributed by atoms with Gasteiger partial charge < -0.3 is 15.2 Å². The molecule has 3 aromatic heterocycles. The second-order valence-electron chi connectivity index (χ2n) is 8.93. The van der Waals surface area contributed by atoms with Gasteiger partial charge in [0.1, 0.15) is 11.5 Å². The van der Waals surface area contributed by atoms with E-state index in [0.29, 0.717) is 5.69 Å². The second kappa shape index (κ2) is 9.62. The number of para-hydroxylation sites is 1. The van der Waals surface area contributed by atoms with Crippen LogP contribution in [0.5, 0.6) is 0 Å². The van der Waals surface area contributed by atoms with Gasteiger partial charge in [-0.2, -0.15) is 17.6 Å². The number of amides is 1. The van der Waals surface area contributed by atoms with Gasteiger partial charge in [0.2, 0.25) is 11.2 Å². The lowest BCUT2D eigenvalue weighted by Gasteiger charge is -2.16. The van der Waals surface area contributed by atoms with Crippen molar-refractivity contribution in [3.8, 4) is 11.4 Å². The minimum Gasteiger partial charge on any atom is -0.542 e. The monoisotopic (exact) mass is 519 g/mol. The van der Waals surface area contributed by atoms with Crippen molar-refractivity contribution in [3.63, 3.8) is 0 Å². The number of hydrogen-bond acceptors (Lipinski definition) is 3. The normalized spacial score (nSPS) is 14.0. The van der Waals surface area contributed by atoms with Gasteiger partial charge in [-0.3, -0.25) is 4.79 Å². The fourth-order valence-corrected chi connectivity index (χ4v) is 4.45. The minimum absolute atomic E-state index is 0.0829.